The Bertz CT molecular complexity index is 3350. The van der Waals surface area contributed by atoms with Crippen molar-refractivity contribution in [3.63, 3.8) is 0 Å². The molecule has 4 heterocycles. The lowest BCUT2D eigenvalue weighted by atomic mass is 9.95. The van der Waals surface area contributed by atoms with Crippen LogP contribution in [-0.4, -0.2) is 14.5 Å². The normalized spacial score (nSPS) is 12.5. The minimum Gasteiger partial charge on any atom is -0.456 e. The molecule has 0 saturated heterocycles. The molecule has 5 heteroatoms. The smallest absolute Gasteiger partial charge is 0.235 e. The van der Waals surface area contributed by atoms with Crippen molar-refractivity contribution >= 4 is 108 Å². The number of furan rings is 1. The molecule has 12 aromatic rings. The number of para-hydroxylation sites is 1. The predicted molar refractivity (Wildman–Crippen MR) is 206 cm³/mol. The summed E-state index contributed by atoms with van der Waals surface area (Å²) in [6, 6.07) is 49.8. The van der Waals surface area contributed by atoms with Crippen LogP contribution in [0.4, 0.5) is 0 Å². The first-order valence-electron chi connectivity index (χ1n) is 16.5. The molecule has 0 radical (unpaired) electrons. The standard InChI is InChI=1S/C44H23N3OS/c1-2-10-26-25(9-1)29-13-7-16-33-39(29)41-34(21-22-36-42(41)40-30(26)14-8-17-35(40)48-36)47(33)44-45-32-15-5-3-12-31(32)43(46-44)24-19-20-28-27-11-4-6-18-37(27)49-38(28)23-24/h1-23H. The van der Waals surface area contributed by atoms with Gasteiger partial charge in [0, 0.05) is 52.7 Å². The number of hydrogen-bond donors (Lipinski definition) is 0. The molecule has 0 unspecified atom stereocenters. The third-order valence-electron chi connectivity index (χ3n) is 10.4. The summed E-state index contributed by atoms with van der Waals surface area (Å²) in [5.74, 6) is 0.655. The Morgan fingerprint density at radius 3 is 2.00 bits per heavy atom. The highest BCUT2D eigenvalue weighted by Crippen LogP contribution is 2.47. The van der Waals surface area contributed by atoms with E-state index in [9.17, 15) is 0 Å². The van der Waals surface area contributed by atoms with Gasteiger partial charge < -0.3 is 4.42 Å². The minimum atomic E-state index is 0.655. The zero-order valence-electron chi connectivity index (χ0n) is 25.9. The Labute approximate surface area is 282 Å². The highest BCUT2D eigenvalue weighted by Gasteiger charge is 2.24. The molecule has 226 valence electrons. The van der Waals surface area contributed by atoms with Crippen LogP contribution in [0.2, 0.25) is 0 Å². The Morgan fingerprint density at radius 2 is 1.12 bits per heavy atom. The molecule has 0 aliphatic heterocycles. The van der Waals surface area contributed by atoms with E-state index >= 15 is 0 Å². The van der Waals surface area contributed by atoms with E-state index in [1.54, 1.807) is 0 Å². The largest absolute Gasteiger partial charge is 0.456 e. The van der Waals surface area contributed by atoms with E-state index in [0.717, 1.165) is 55.1 Å². The molecule has 0 aliphatic rings. The Morgan fingerprint density at radius 1 is 0.449 bits per heavy atom. The molecule has 4 nitrogen and oxygen atoms in total. The number of thiophene rings is 1. The number of rotatable bonds is 2. The summed E-state index contributed by atoms with van der Waals surface area (Å²) in [4.78, 5) is 10.7. The summed E-state index contributed by atoms with van der Waals surface area (Å²) in [6.07, 6.45) is 0. The van der Waals surface area contributed by atoms with Gasteiger partial charge in [0.05, 0.1) is 22.2 Å². The monoisotopic (exact) mass is 641 g/mol. The number of aromatic nitrogens is 3. The lowest BCUT2D eigenvalue weighted by molar-refractivity contribution is 0.669. The fourth-order valence-electron chi connectivity index (χ4n) is 8.33. The van der Waals surface area contributed by atoms with Crippen LogP contribution < -0.4 is 0 Å². The fourth-order valence-corrected chi connectivity index (χ4v) is 9.48. The second-order valence-corrected chi connectivity index (χ2v) is 14.0. The van der Waals surface area contributed by atoms with E-state index in [1.165, 1.54) is 52.5 Å². The second kappa shape index (κ2) is 9.19. The lowest BCUT2D eigenvalue weighted by Gasteiger charge is -2.12. The highest BCUT2D eigenvalue weighted by atomic mass is 32.1. The molecule has 0 N–H and O–H groups in total. The first-order chi connectivity index (χ1) is 24.3. The SMILES string of the molecule is c1ccc2c(-c3ccc4c(c3)sc3ccccc34)nc(-n3c4cccc5c6ccccc6c6cccc7oc8ccc3c(c8c76)c54)nc2c1. The van der Waals surface area contributed by atoms with Crippen molar-refractivity contribution in [2.24, 2.45) is 0 Å². The predicted octanol–water partition coefficient (Wildman–Crippen LogP) is 12.4. The second-order valence-electron chi connectivity index (χ2n) is 12.9. The quantitative estimate of drug-likeness (QED) is 0.189. The van der Waals surface area contributed by atoms with Gasteiger partial charge in [0.25, 0.3) is 0 Å². The molecule has 49 heavy (non-hydrogen) atoms. The molecule has 0 fully saturated rings. The van der Waals surface area contributed by atoms with Gasteiger partial charge in [-0.3, -0.25) is 4.57 Å². The van der Waals surface area contributed by atoms with Gasteiger partial charge in [-0.1, -0.05) is 97.1 Å². The first kappa shape index (κ1) is 25.7. The van der Waals surface area contributed by atoms with Crippen molar-refractivity contribution in [3.8, 4) is 17.2 Å². The van der Waals surface area contributed by atoms with Crippen LogP contribution in [0.5, 0.6) is 0 Å². The van der Waals surface area contributed by atoms with Gasteiger partial charge in [0.2, 0.25) is 5.95 Å². The molecule has 0 amide bonds. The van der Waals surface area contributed by atoms with E-state index < -0.39 is 0 Å². The van der Waals surface area contributed by atoms with Gasteiger partial charge in [-0.2, -0.15) is 0 Å². The van der Waals surface area contributed by atoms with Crippen molar-refractivity contribution < 1.29 is 4.42 Å². The van der Waals surface area contributed by atoms with Crippen LogP contribution in [0.1, 0.15) is 0 Å². The van der Waals surface area contributed by atoms with Gasteiger partial charge in [-0.05, 0) is 64.0 Å². The maximum Gasteiger partial charge on any atom is 0.235 e. The van der Waals surface area contributed by atoms with Crippen molar-refractivity contribution in [2.75, 3.05) is 0 Å². The summed E-state index contributed by atoms with van der Waals surface area (Å²) in [7, 11) is 0. The van der Waals surface area contributed by atoms with E-state index in [-0.39, 0.29) is 0 Å². The van der Waals surface area contributed by atoms with Gasteiger partial charge in [-0.25, -0.2) is 9.97 Å². The molecule has 0 aliphatic carbocycles. The molecule has 0 saturated carbocycles. The van der Waals surface area contributed by atoms with Gasteiger partial charge in [0.15, 0.2) is 0 Å². The van der Waals surface area contributed by atoms with Crippen LogP contribution >= 0.6 is 11.3 Å². The summed E-state index contributed by atoms with van der Waals surface area (Å²) in [5.41, 5.74) is 6.85. The van der Waals surface area contributed by atoms with Crippen LogP contribution in [-0.2, 0) is 0 Å². The van der Waals surface area contributed by atoms with Crippen LogP contribution in [0.15, 0.2) is 144 Å². The minimum absolute atomic E-state index is 0.655. The zero-order valence-corrected chi connectivity index (χ0v) is 26.8. The van der Waals surface area contributed by atoms with Crippen molar-refractivity contribution in [1.82, 2.24) is 14.5 Å². The Balaban J connectivity index is 1.24. The summed E-state index contributed by atoms with van der Waals surface area (Å²) in [5, 5.41) is 13.1. The van der Waals surface area contributed by atoms with Crippen LogP contribution in [0.25, 0.3) is 114 Å². The molecule has 0 atom stereocenters. The number of fused-ring (bicyclic) bond motifs is 7. The number of benzene rings is 7. The zero-order chi connectivity index (χ0) is 31.8. The summed E-state index contributed by atoms with van der Waals surface area (Å²) < 4.78 is 11.4. The highest BCUT2D eigenvalue weighted by molar-refractivity contribution is 7.25. The lowest BCUT2D eigenvalue weighted by Crippen LogP contribution is -2.03. The molecular weight excluding hydrogens is 619 g/mol. The van der Waals surface area contributed by atoms with E-state index in [0.29, 0.717) is 5.95 Å². The molecule has 0 bridgehead atoms. The number of nitrogens with zero attached hydrogens (tertiary/aromatic N) is 3. The van der Waals surface area contributed by atoms with Crippen molar-refractivity contribution in [3.05, 3.63) is 140 Å². The fraction of sp³-hybridized carbons (Fsp3) is 0. The van der Waals surface area contributed by atoms with Gasteiger partial charge >= 0.3 is 0 Å². The molecule has 8 aromatic carbocycles. The number of hydrogen-bond acceptors (Lipinski definition) is 4. The average Bonchev–Trinajstić information content (AvgIpc) is 3.82. The maximum absolute atomic E-state index is 6.56. The van der Waals surface area contributed by atoms with E-state index in [4.69, 9.17) is 14.4 Å². The Kier molecular flexibility index (Phi) is 4.83. The van der Waals surface area contributed by atoms with Gasteiger partial charge in [-0.15, -0.1) is 11.3 Å². The summed E-state index contributed by atoms with van der Waals surface area (Å²) in [6.45, 7) is 0. The van der Waals surface area contributed by atoms with Gasteiger partial charge in [0.1, 0.15) is 11.2 Å². The summed E-state index contributed by atoms with van der Waals surface area (Å²) >= 11 is 1.83. The van der Waals surface area contributed by atoms with Crippen LogP contribution in [0.3, 0.4) is 0 Å². The van der Waals surface area contributed by atoms with Crippen molar-refractivity contribution in [1.29, 1.82) is 0 Å². The Hall–Kier alpha value is -6.30. The molecule has 0 spiro atoms. The molecule has 12 rings (SSSR count). The van der Waals surface area contributed by atoms with Crippen molar-refractivity contribution in [2.45, 2.75) is 0 Å². The maximum atomic E-state index is 6.56. The third-order valence-corrected chi connectivity index (χ3v) is 11.5. The molecule has 4 aromatic heterocycles. The topological polar surface area (TPSA) is 43.9 Å². The average molecular weight is 642 g/mol. The van der Waals surface area contributed by atoms with E-state index in [1.807, 2.05) is 11.3 Å². The third kappa shape index (κ3) is 3.32. The van der Waals surface area contributed by atoms with Crippen LogP contribution in [0, 0.1) is 0 Å². The first-order valence-corrected chi connectivity index (χ1v) is 17.3. The molecular formula is C44H23N3OS. The van der Waals surface area contributed by atoms with E-state index in [2.05, 4.69) is 144 Å².